The molecule has 1 aliphatic heterocycles. The minimum Gasteiger partial charge on any atom is -0.322 e. The van der Waals surface area contributed by atoms with Crippen molar-refractivity contribution in [3.63, 3.8) is 0 Å². The number of aryl methyl sites for hydroxylation is 1. The summed E-state index contributed by atoms with van der Waals surface area (Å²) in [5, 5.41) is 5.25. The van der Waals surface area contributed by atoms with E-state index in [2.05, 4.69) is 29.6 Å². The van der Waals surface area contributed by atoms with Crippen LogP contribution in [-0.4, -0.2) is 18.4 Å². The molecule has 1 aliphatic rings. The zero-order valence-corrected chi connectivity index (χ0v) is 20.4. The summed E-state index contributed by atoms with van der Waals surface area (Å²) in [5.41, 5.74) is 5.94. The average Bonchev–Trinajstić information content (AvgIpc) is 2.96. The second-order valence-electron chi connectivity index (χ2n) is 9.29. The lowest BCUT2D eigenvalue weighted by Crippen LogP contribution is -2.35. The molecule has 0 atom stereocenters. The van der Waals surface area contributed by atoms with Gasteiger partial charge in [-0.05, 0) is 76.7 Å². The van der Waals surface area contributed by atoms with Gasteiger partial charge >= 0.3 is 0 Å². The second kappa shape index (κ2) is 9.75. The molecule has 37 heavy (non-hydrogen) atoms. The molecule has 0 saturated heterocycles. The number of fused-ring (bicyclic) bond motifs is 2. The molecule has 0 unspecified atom stereocenters. The maximum absolute atomic E-state index is 13.4. The number of hydrogen-bond donors (Lipinski definition) is 1. The first-order valence-corrected chi connectivity index (χ1v) is 12.6. The lowest BCUT2D eigenvalue weighted by atomic mass is 9.94. The van der Waals surface area contributed by atoms with Crippen LogP contribution < -0.4 is 10.2 Å². The Bertz CT molecular complexity index is 1620. The van der Waals surface area contributed by atoms with Crippen molar-refractivity contribution in [2.24, 2.45) is 0 Å². The van der Waals surface area contributed by atoms with Crippen molar-refractivity contribution >= 4 is 34.0 Å². The summed E-state index contributed by atoms with van der Waals surface area (Å²) >= 11 is 0. The van der Waals surface area contributed by atoms with E-state index in [0.29, 0.717) is 23.4 Å². The highest BCUT2D eigenvalue weighted by Gasteiger charge is 2.23. The van der Waals surface area contributed by atoms with Gasteiger partial charge in [-0.15, -0.1) is 0 Å². The van der Waals surface area contributed by atoms with Crippen molar-refractivity contribution in [3.8, 4) is 11.1 Å². The number of para-hydroxylation sites is 1. The molecule has 0 saturated carbocycles. The fourth-order valence-corrected chi connectivity index (χ4v) is 5.17. The number of anilines is 2. The Kier molecular flexibility index (Phi) is 5.99. The van der Waals surface area contributed by atoms with Gasteiger partial charge in [-0.25, -0.2) is 0 Å². The number of nitrogens with zero attached hydrogens (tertiary/aromatic N) is 1. The van der Waals surface area contributed by atoms with Crippen molar-refractivity contribution in [2.45, 2.75) is 12.8 Å². The van der Waals surface area contributed by atoms with Crippen molar-refractivity contribution in [1.29, 1.82) is 0 Å². The van der Waals surface area contributed by atoms with Gasteiger partial charge in [0.1, 0.15) is 0 Å². The maximum Gasteiger partial charge on any atom is 0.258 e. The number of hydrogen-bond acceptors (Lipinski definition) is 2. The Morgan fingerprint density at radius 1 is 0.676 bits per heavy atom. The average molecular weight is 483 g/mol. The molecule has 0 aromatic heterocycles. The van der Waals surface area contributed by atoms with Crippen LogP contribution in [-0.2, 0) is 6.42 Å². The molecular weight excluding hydrogens is 456 g/mol. The van der Waals surface area contributed by atoms with E-state index in [1.807, 2.05) is 71.6 Å². The van der Waals surface area contributed by atoms with Crippen molar-refractivity contribution in [2.75, 3.05) is 16.8 Å². The largest absolute Gasteiger partial charge is 0.322 e. The Morgan fingerprint density at radius 2 is 1.38 bits per heavy atom. The molecule has 0 radical (unpaired) electrons. The van der Waals surface area contributed by atoms with Gasteiger partial charge in [0.15, 0.2) is 0 Å². The lowest BCUT2D eigenvalue weighted by Gasteiger charge is -2.29. The summed E-state index contributed by atoms with van der Waals surface area (Å²) in [4.78, 5) is 28.5. The van der Waals surface area contributed by atoms with Crippen molar-refractivity contribution in [1.82, 2.24) is 0 Å². The van der Waals surface area contributed by atoms with E-state index in [9.17, 15) is 9.59 Å². The Balaban J connectivity index is 1.24. The van der Waals surface area contributed by atoms with E-state index in [0.717, 1.165) is 40.4 Å². The molecule has 0 spiro atoms. The zero-order chi connectivity index (χ0) is 25.2. The zero-order valence-electron chi connectivity index (χ0n) is 20.4. The van der Waals surface area contributed by atoms with E-state index < -0.39 is 0 Å². The smallest absolute Gasteiger partial charge is 0.258 e. The van der Waals surface area contributed by atoms with E-state index >= 15 is 0 Å². The van der Waals surface area contributed by atoms with Gasteiger partial charge in [0.05, 0.1) is 0 Å². The highest BCUT2D eigenvalue weighted by atomic mass is 16.2. The Hall–Kier alpha value is -4.70. The van der Waals surface area contributed by atoms with Gasteiger partial charge < -0.3 is 10.2 Å². The van der Waals surface area contributed by atoms with Crippen molar-refractivity contribution < 1.29 is 9.59 Å². The molecule has 5 aromatic rings. The third-order valence-electron chi connectivity index (χ3n) is 7.00. The minimum absolute atomic E-state index is 0.0219. The van der Waals surface area contributed by atoms with E-state index in [1.54, 1.807) is 24.3 Å². The van der Waals surface area contributed by atoms with Crippen LogP contribution in [0.2, 0.25) is 0 Å². The molecular formula is C33H26N2O2. The molecule has 1 N–H and O–H groups in total. The second-order valence-corrected chi connectivity index (χ2v) is 9.29. The lowest BCUT2D eigenvalue weighted by molar-refractivity contribution is 0.0984. The van der Waals surface area contributed by atoms with Crippen LogP contribution in [0.25, 0.3) is 21.9 Å². The molecule has 5 aromatic carbocycles. The van der Waals surface area contributed by atoms with Gasteiger partial charge in [0.25, 0.3) is 11.8 Å². The van der Waals surface area contributed by atoms with Crippen LogP contribution in [0, 0.1) is 0 Å². The number of nitrogens with one attached hydrogen (secondary N) is 1. The van der Waals surface area contributed by atoms with Gasteiger partial charge in [0.2, 0.25) is 0 Å². The first kappa shape index (κ1) is 22.7. The fourth-order valence-electron chi connectivity index (χ4n) is 5.17. The molecule has 0 aliphatic carbocycles. The van der Waals surface area contributed by atoms with E-state index in [1.165, 1.54) is 5.56 Å². The minimum atomic E-state index is -0.187. The Morgan fingerprint density at radius 3 is 2.27 bits per heavy atom. The van der Waals surface area contributed by atoms with Crippen LogP contribution >= 0.6 is 0 Å². The highest BCUT2D eigenvalue weighted by molar-refractivity contribution is 6.11. The van der Waals surface area contributed by atoms with Gasteiger partial charge in [-0.1, -0.05) is 78.9 Å². The highest BCUT2D eigenvalue weighted by Crippen LogP contribution is 2.32. The maximum atomic E-state index is 13.4. The number of carbonyl (C=O) groups is 2. The number of amides is 2. The van der Waals surface area contributed by atoms with Gasteiger partial charge in [-0.3, -0.25) is 9.59 Å². The molecule has 6 rings (SSSR count). The number of carbonyl (C=O) groups excluding carboxylic acids is 2. The molecule has 4 nitrogen and oxygen atoms in total. The normalized spacial score (nSPS) is 12.7. The molecule has 0 fully saturated rings. The molecule has 180 valence electrons. The predicted octanol–water partition coefficient (Wildman–Crippen LogP) is 7.35. The van der Waals surface area contributed by atoms with E-state index in [4.69, 9.17) is 0 Å². The first-order chi connectivity index (χ1) is 18.2. The number of benzene rings is 5. The van der Waals surface area contributed by atoms with Gasteiger partial charge in [-0.2, -0.15) is 0 Å². The molecule has 1 heterocycles. The van der Waals surface area contributed by atoms with Crippen LogP contribution in [0.4, 0.5) is 11.4 Å². The van der Waals surface area contributed by atoms with Gasteiger partial charge in [0, 0.05) is 29.0 Å². The fraction of sp³-hybridized carbons (Fsp3) is 0.0909. The monoisotopic (exact) mass is 482 g/mol. The first-order valence-electron chi connectivity index (χ1n) is 12.6. The van der Waals surface area contributed by atoms with Crippen molar-refractivity contribution in [3.05, 3.63) is 132 Å². The van der Waals surface area contributed by atoms with E-state index in [-0.39, 0.29) is 11.8 Å². The van der Waals surface area contributed by atoms with Crippen LogP contribution in [0.1, 0.15) is 32.7 Å². The van der Waals surface area contributed by atoms with Crippen LogP contribution in [0.3, 0.4) is 0 Å². The predicted molar refractivity (Wildman–Crippen MR) is 150 cm³/mol. The molecule has 4 heteroatoms. The third kappa shape index (κ3) is 4.38. The number of rotatable bonds is 4. The summed E-state index contributed by atoms with van der Waals surface area (Å²) in [5.74, 6) is -0.209. The summed E-state index contributed by atoms with van der Waals surface area (Å²) in [6.45, 7) is 0.708. The summed E-state index contributed by atoms with van der Waals surface area (Å²) in [6.07, 6.45) is 1.94. The SMILES string of the molecule is O=C(Nc1ccc(C(=O)N2CCCc3ccccc32)cc1)c1ccccc1-c1cccc2ccccc12. The summed E-state index contributed by atoms with van der Waals surface area (Å²) in [7, 11) is 0. The summed E-state index contributed by atoms with van der Waals surface area (Å²) < 4.78 is 0. The van der Waals surface area contributed by atoms with Crippen LogP contribution in [0.5, 0.6) is 0 Å². The summed E-state index contributed by atoms with van der Waals surface area (Å²) in [6, 6.07) is 37.2. The van der Waals surface area contributed by atoms with Crippen LogP contribution in [0.15, 0.2) is 115 Å². The quantitative estimate of drug-likeness (QED) is 0.291. The third-order valence-corrected chi connectivity index (χ3v) is 7.00. The molecule has 2 amide bonds. The molecule has 0 bridgehead atoms. The topological polar surface area (TPSA) is 49.4 Å². The Labute approximate surface area is 216 Å². The standard InChI is InChI=1S/C33H26N2O2/c36-32(30-15-5-4-14-29(30)28-16-7-11-23-9-1-3-13-27(23)28)34-26-20-18-25(19-21-26)33(37)35-22-8-12-24-10-2-6-17-31(24)35/h1-7,9-11,13-21H,8,12,22H2,(H,34,36).